The van der Waals surface area contributed by atoms with Gasteiger partial charge >= 0.3 is 5.97 Å². The van der Waals surface area contributed by atoms with Crippen molar-refractivity contribution in [3.05, 3.63) is 12.3 Å². The maximum atomic E-state index is 12.8. The fourth-order valence-electron chi connectivity index (χ4n) is 8.10. The minimum atomic E-state index is 0.0325. The Bertz CT molecular complexity index is 756. The Morgan fingerprint density at radius 1 is 0.647 bits per heavy atom. The molecule has 1 rings (SSSR count). The molecule has 1 saturated heterocycles. The number of esters is 1. The third-order valence-electron chi connectivity index (χ3n) is 11.3. The van der Waals surface area contributed by atoms with Crippen molar-refractivity contribution in [2.24, 2.45) is 5.92 Å². The highest BCUT2D eigenvalue weighted by Crippen LogP contribution is 2.30. The van der Waals surface area contributed by atoms with Crippen molar-refractivity contribution in [2.75, 3.05) is 26.3 Å². The molecule has 2 atom stereocenters. The first kappa shape index (κ1) is 48.0. The number of carbonyl (C=O) groups excluding carboxylic acids is 1. The fourth-order valence-corrected chi connectivity index (χ4v) is 8.10. The molecule has 0 saturated carbocycles. The summed E-state index contributed by atoms with van der Waals surface area (Å²) >= 11 is 0. The van der Waals surface area contributed by atoms with Crippen LogP contribution in [0.25, 0.3) is 0 Å². The van der Waals surface area contributed by atoms with Gasteiger partial charge in [0.25, 0.3) is 0 Å². The Kier molecular flexibility index (Phi) is 33.8. The second-order valence-electron chi connectivity index (χ2n) is 16.3. The van der Waals surface area contributed by atoms with Crippen molar-refractivity contribution in [2.45, 2.75) is 245 Å². The summed E-state index contributed by atoms with van der Waals surface area (Å²) in [4.78, 5) is 15.3. The van der Waals surface area contributed by atoms with Gasteiger partial charge in [-0.2, -0.15) is 0 Å². The molecule has 0 radical (unpaired) electrons. The van der Waals surface area contributed by atoms with E-state index in [1.54, 1.807) is 0 Å². The van der Waals surface area contributed by atoms with E-state index in [1.165, 1.54) is 167 Å². The van der Waals surface area contributed by atoms with E-state index in [1.807, 2.05) is 0 Å². The van der Waals surface area contributed by atoms with Crippen LogP contribution in [0, 0.1) is 5.92 Å². The number of allylic oxidation sites excluding steroid dienone is 1. The van der Waals surface area contributed by atoms with E-state index in [2.05, 4.69) is 32.3 Å². The molecule has 51 heavy (non-hydrogen) atoms. The zero-order chi connectivity index (χ0) is 37.0. The average Bonchev–Trinajstić information content (AvgIpc) is 3.51. The molecule has 0 bridgehead atoms. The molecular weight excluding hydrogens is 631 g/mol. The highest BCUT2D eigenvalue weighted by molar-refractivity contribution is 5.69. The van der Waals surface area contributed by atoms with Gasteiger partial charge in [-0.3, -0.25) is 9.69 Å². The quantitative estimate of drug-likeness (QED) is 0.0389. The number of carbonyl (C=O) groups is 1. The van der Waals surface area contributed by atoms with Crippen LogP contribution < -0.4 is 0 Å². The summed E-state index contributed by atoms with van der Waals surface area (Å²) in [5, 5.41) is 9.70. The van der Waals surface area contributed by atoms with Crippen LogP contribution in [0.15, 0.2) is 12.3 Å². The Morgan fingerprint density at radius 2 is 1.14 bits per heavy atom. The molecule has 5 nitrogen and oxygen atoms in total. The normalized spacial score (nSPS) is 16.3. The molecule has 0 aromatic carbocycles. The number of β-amino-alcohol motifs (C(OH)–C–C–N with tert-alkyl or cyclic N) is 1. The number of rotatable bonds is 39. The monoisotopic (exact) mass is 720 g/mol. The fraction of sp³-hybridized carbons (Fsp3) is 0.935. The largest absolute Gasteiger partial charge is 0.499 e. The van der Waals surface area contributed by atoms with Crippen LogP contribution >= 0.6 is 0 Å². The SMILES string of the molecule is C=C(CCCCCC1CC(CCCCCCC(=O)OC(CCCCCCCC)CCCCCCCC)N(CCO)C1)OCCCCCCCCC. The van der Waals surface area contributed by atoms with Gasteiger partial charge in [0.05, 0.1) is 19.0 Å². The van der Waals surface area contributed by atoms with Gasteiger partial charge in [-0.15, -0.1) is 0 Å². The number of nitrogens with zero attached hydrogens (tertiary/aromatic N) is 1. The molecule has 1 heterocycles. The summed E-state index contributed by atoms with van der Waals surface area (Å²) in [7, 11) is 0. The van der Waals surface area contributed by atoms with Crippen LogP contribution in [0.5, 0.6) is 0 Å². The zero-order valence-electron chi connectivity index (χ0n) is 34.7. The predicted octanol–water partition coefficient (Wildman–Crippen LogP) is 13.7. The molecular formula is C46H89NO4. The number of aliphatic hydroxyl groups is 1. The standard InChI is InChI=1S/C46H89NO4/c1-5-8-11-14-17-22-30-39-50-42(4)31-24-23-25-32-43-40-44(47(41-43)37-38-48)33-26-20-21-29-36-46(49)51-45(34-27-18-15-12-9-6-2)35-28-19-16-13-10-7-3/h43-45,48H,4-41H2,1-3H3. The van der Waals surface area contributed by atoms with Crippen molar-refractivity contribution < 1.29 is 19.4 Å². The van der Waals surface area contributed by atoms with Crippen LogP contribution in [0.2, 0.25) is 0 Å². The lowest BCUT2D eigenvalue weighted by Crippen LogP contribution is -2.32. The average molecular weight is 720 g/mol. The lowest BCUT2D eigenvalue weighted by atomic mass is 9.96. The van der Waals surface area contributed by atoms with Crippen LogP contribution in [0.3, 0.4) is 0 Å². The zero-order valence-corrected chi connectivity index (χ0v) is 34.7. The first-order chi connectivity index (χ1) is 25.0. The van der Waals surface area contributed by atoms with Crippen LogP contribution in [-0.2, 0) is 14.3 Å². The predicted molar refractivity (Wildman–Crippen MR) is 220 cm³/mol. The van der Waals surface area contributed by atoms with E-state index in [4.69, 9.17) is 9.47 Å². The highest BCUT2D eigenvalue weighted by atomic mass is 16.5. The molecule has 1 fully saturated rings. The van der Waals surface area contributed by atoms with Gasteiger partial charge < -0.3 is 14.6 Å². The number of aliphatic hydroxyl groups excluding tert-OH is 1. The molecule has 0 aromatic rings. The number of unbranched alkanes of at least 4 members (excludes halogenated alkanes) is 21. The molecule has 302 valence electrons. The van der Waals surface area contributed by atoms with Crippen LogP contribution in [0.4, 0.5) is 0 Å². The minimum Gasteiger partial charge on any atom is -0.499 e. The van der Waals surface area contributed by atoms with Crippen molar-refractivity contribution in [3.8, 4) is 0 Å². The molecule has 1 aliphatic heterocycles. The first-order valence-electron chi connectivity index (χ1n) is 22.9. The molecule has 0 aromatic heterocycles. The van der Waals surface area contributed by atoms with E-state index < -0.39 is 0 Å². The number of hydrogen-bond donors (Lipinski definition) is 1. The van der Waals surface area contributed by atoms with E-state index in [9.17, 15) is 9.90 Å². The van der Waals surface area contributed by atoms with E-state index >= 15 is 0 Å². The van der Waals surface area contributed by atoms with Gasteiger partial charge in [0.1, 0.15) is 6.10 Å². The molecule has 5 heteroatoms. The summed E-state index contributed by atoms with van der Waals surface area (Å²) in [6.07, 6.45) is 40.5. The lowest BCUT2D eigenvalue weighted by Gasteiger charge is -2.23. The van der Waals surface area contributed by atoms with Gasteiger partial charge in [0.15, 0.2) is 0 Å². The van der Waals surface area contributed by atoms with Crippen LogP contribution in [0.1, 0.15) is 233 Å². The van der Waals surface area contributed by atoms with Crippen molar-refractivity contribution in [1.82, 2.24) is 4.90 Å². The topological polar surface area (TPSA) is 59.0 Å². The van der Waals surface area contributed by atoms with Gasteiger partial charge in [0, 0.05) is 32.0 Å². The molecule has 0 aliphatic carbocycles. The van der Waals surface area contributed by atoms with Crippen LogP contribution in [-0.4, -0.2) is 54.4 Å². The second kappa shape index (κ2) is 35.9. The summed E-state index contributed by atoms with van der Waals surface area (Å²) in [5.74, 6) is 1.77. The van der Waals surface area contributed by atoms with E-state index in [0.717, 1.165) is 69.9 Å². The molecule has 2 unspecified atom stereocenters. The maximum Gasteiger partial charge on any atom is 0.306 e. The van der Waals surface area contributed by atoms with Crippen molar-refractivity contribution >= 4 is 5.97 Å². The smallest absolute Gasteiger partial charge is 0.306 e. The number of ether oxygens (including phenoxy) is 2. The first-order valence-corrected chi connectivity index (χ1v) is 22.9. The van der Waals surface area contributed by atoms with Crippen molar-refractivity contribution in [3.63, 3.8) is 0 Å². The lowest BCUT2D eigenvalue weighted by molar-refractivity contribution is -0.150. The second-order valence-corrected chi connectivity index (χ2v) is 16.3. The Balaban J connectivity index is 2.20. The third kappa shape index (κ3) is 29.0. The van der Waals surface area contributed by atoms with Gasteiger partial charge in [0.2, 0.25) is 0 Å². The maximum absolute atomic E-state index is 12.8. The Hall–Kier alpha value is -1.07. The molecule has 1 N–H and O–H groups in total. The van der Waals surface area contributed by atoms with E-state index in [-0.39, 0.29) is 18.7 Å². The summed E-state index contributed by atoms with van der Waals surface area (Å²) in [6.45, 7) is 14.0. The third-order valence-corrected chi connectivity index (χ3v) is 11.3. The summed E-state index contributed by atoms with van der Waals surface area (Å²) in [5.41, 5.74) is 0. The Morgan fingerprint density at radius 3 is 1.75 bits per heavy atom. The highest BCUT2D eigenvalue weighted by Gasteiger charge is 2.30. The summed E-state index contributed by atoms with van der Waals surface area (Å²) < 4.78 is 12.0. The van der Waals surface area contributed by atoms with Gasteiger partial charge in [-0.25, -0.2) is 0 Å². The van der Waals surface area contributed by atoms with Gasteiger partial charge in [-0.05, 0) is 70.1 Å². The van der Waals surface area contributed by atoms with Gasteiger partial charge in [-0.1, -0.05) is 162 Å². The summed E-state index contributed by atoms with van der Waals surface area (Å²) in [6, 6.07) is 0.608. The van der Waals surface area contributed by atoms with E-state index in [0.29, 0.717) is 12.5 Å². The Labute approximate surface area is 318 Å². The number of hydrogen-bond acceptors (Lipinski definition) is 5. The molecule has 1 aliphatic rings. The molecule has 0 spiro atoms. The number of likely N-dealkylation sites (tertiary alicyclic amines) is 1. The molecule has 0 amide bonds. The van der Waals surface area contributed by atoms with Crippen molar-refractivity contribution in [1.29, 1.82) is 0 Å². The minimum absolute atomic E-state index is 0.0325.